The van der Waals surface area contributed by atoms with Gasteiger partial charge in [0.05, 0.1) is 0 Å². The van der Waals surface area contributed by atoms with Crippen LogP contribution < -0.4 is 4.90 Å². The first-order valence-corrected chi connectivity index (χ1v) is 9.77. The van der Waals surface area contributed by atoms with Gasteiger partial charge in [0.2, 0.25) is 0 Å². The van der Waals surface area contributed by atoms with Crippen molar-refractivity contribution in [1.82, 2.24) is 29.6 Å². The van der Waals surface area contributed by atoms with E-state index in [1.54, 1.807) is 10.8 Å². The number of hydrogen-bond donors (Lipinski definition) is 0. The molecule has 25 heavy (non-hydrogen) atoms. The number of rotatable bonds is 3. The molecular weight excluding hydrogens is 314 g/mol. The largest absolute Gasteiger partial charge is 0.352 e. The molecule has 0 unspecified atom stereocenters. The molecule has 0 atom stereocenters. The lowest BCUT2D eigenvalue weighted by atomic mass is 9.93. The lowest BCUT2D eigenvalue weighted by molar-refractivity contribution is 0.0486. The molecule has 5 rings (SSSR count). The third-order valence-electron chi connectivity index (χ3n) is 6.29. The summed E-state index contributed by atoms with van der Waals surface area (Å²) in [6.07, 6.45) is 8.84. The van der Waals surface area contributed by atoms with Crippen LogP contribution in [-0.4, -0.2) is 81.0 Å². The van der Waals surface area contributed by atoms with Crippen molar-refractivity contribution in [3.8, 4) is 0 Å². The standard InChI is InChI=1S/C18H27N7/c1-2-4-15(5-3-1)22-8-10-23(11-9-22)16-12-24(13-16)18-7-6-17-20-19-14-25(17)21-18/h6-7,14-16H,1-5,8-13H2. The number of aromatic nitrogens is 4. The van der Waals surface area contributed by atoms with Crippen molar-refractivity contribution in [2.24, 2.45) is 0 Å². The van der Waals surface area contributed by atoms with E-state index >= 15 is 0 Å². The van der Waals surface area contributed by atoms with Gasteiger partial charge in [-0.3, -0.25) is 9.80 Å². The Kier molecular flexibility index (Phi) is 4.06. The number of nitrogens with zero attached hydrogens (tertiary/aromatic N) is 7. The molecule has 0 N–H and O–H groups in total. The highest BCUT2D eigenvalue weighted by molar-refractivity contribution is 5.47. The molecule has 0 spiro atoms. The van der Waals surface area contributed by atoms with E-state index in [-0.39, 0.29) is 0 Å². The molecule has 0 radical (unpaired) electrons. The summed E-state index contributed by atoms with van der Waals surface area (Å²) in [7, 11) is 0. The molecule has 7 nitrogen and oxygen atoms in total. The van der Waals surface area contributed by atoms with Gasteiger partial charge in [-0.1, -0.05) is 19.3 Å². The molecule has 7 heteroatoms. The summed E-state index contributed by atoms with van der Waals surface area (Å²) in [5.41, 5.74) is 0.805. The van der Waals surface area contributed by atoms with Gasteiger partial charge < -0.3 is 4.90 Å². The van der Waals surface area contributed by atoms with E-state index in [2.05, 4.69) is 36.1 Å². The molecule has 134 valence electrons. The summed E-state index contributed by atoms with van der Waals surface area (Å²) in [6.45, 7) is 7.14. The summed E-state index contributed by atoms with van der Waals surface area (Å²) in [4.78, 5) is 7.80. The third kappa shape index (κ3) is 3.00. The van der Waals surface area contributed by atoms with Crippen LogP contribution in [0.1, 0.15) is 32.1 Å². The monoisotopic (exact) mass is 341 g/mol. The second kappa shape index (κ2) is 6.53. The van der Waals surface area contributed by atoms with Crippen molar-refractivity contribution in [3.05, 3.63) is 18.5 Å². The minimum absolute atomic E-state index is 0.687. The van der Waals surface area contributed by atoms with Crippen molar-refractivity contribution >= 4 is 11.5 Å². The minimum atomic E-state index is 0.687. The van der Waals surface area contributed by atoms with Crippen LogP contribution in [0.25, 0.3) is 5.65 Å². The predicted octanol–water partition coefficient (Wildman–Crippen LogP) is 1.26. The number of piperazine rings is 1. The fraction of sp³-hybridized carbons (Fsp3) is 0.722. The maximum absolute atomic E-state index is 4.60. The molecule has 2 aromatic rings. The van der Waals surface area contributed by atoms with Gasteiger partial charge in [0, 0.05) is 51.4 Å². The Morgan fingerprint density at radius 2 is 1.56 bits per heavy atom. The highest BCUT2D eigenvalue weighted by Crippen LogP contribution is 2.26. The zero-order chi connectivity index (χ0) is 16.6. The van der Waals surface area contributed by atoms with Crippen LogP contribution in [0.5, 0.6) is 0 Å². The molecule has 1 saturated carbocycles. The quantitative estimate of drug-likeness (QED) is 0.838. The second-order valence-corrected chi connectivity index (χ2v) is 7.75. The Balaban J connectivity index is 1.13. The lowest BCUT2D eigenvalue weighted by Gasteiger charge is -2.49. The summed E-state index contributed by atoms with van der Waals surface area (Å²) in [5, 5.41) is 12.5. The summed E-state index contributed by atoms with van der Waals surface area (Å²) in [6, 6.07) is 5.60. The van der Waals surface area contributed by atoms with Gasteiger partial charge in [-0.25, -0.2) is 0 Å². The molecule has 2 saturated heterocycles. The Hall–Kier alpha value is -1.73. The zero-order valence-corrected chi connectivity index (χ0v) is 14.8. The maximum Gasteiger partial charge on any atom is 0.177 e. The molecule has 0 amide bonds. The number of anilines is 1. The Morgan fingerprint density at radius 1 is 0.840 bits per heavy atom. The van der Waals surface area contributed by atoms with Crippen molar-refractivity contribution in [1.29, 1.82) is 0 Å². The molecular formula is C18H27N7. The van der Waals surface area contributed by atoms with Gasteiger partial charge in [0.15, 0.2) is 5.65 Å². The molecule has 0 bridgehead atoms. The van der Waals surface area contributed by atoms with Gasteiger partial charge in [-0.2, -0.15) is 4.52 Å². The van der Waals surface area contributed by atoms with E-state index in [9.17, 15) is 0 Å². The van der Waals surface area contributed by atoms with Crippen LogP contribution in [-0.2, 0) is 0 Å². The smallest absolute Gasteiger partial charge is 0.177 e. The highest BCUT2D eigenvalue weighted by atomic mass is 15.4. The third-order valence-corrected chi connectivity index (χ3v) is 6.29. The molecule has 3 fully saturated rings. The maximum atomic E-state index is 4.60. The summed E-state index contributed by atoms with van der Waals surface area (Å²) < 4.78 is 1.76. The molecule has 4 heterocycles. The van der Waals surface area contributed by atoms with Crippen LogP contribution in [0.4, 0.5) is 5.82 Å². The van der Waals surface area contributed by atoms with Gasteiger partial charge >= 0.3 is 0 Å². The van der Waals surface area contributed by atoms with Crippen molar-refractivity contribution in [2.45, 2.75) is 44.2 Å². The van der Waals surface area contributed by atoms with Crippen molar-refractivity contribution in [2.75, 3.05) is 44.2 Å². The van der Waals surface area contributed by atoms with E-state index in [1.807, 2.05) is 6.07 Å². The van der Waals surface area contributed by atoms with Crippen LogP contribution in [0.2, 0.25) is 0 Å². The van der Waals surface area contributed by atoms with Crippen LogP contribution in [0.3, 0.4) is 0 Å². The van der Waals surface area contributed by atoms with Gasteiger partial charge in [0.1, 0.15) is 12.1 Å². The van der Waals surface area contributed by atoms with Gasteiger partial charge in [-0.05, 0) is 25.0 Å². The van der Waals surface area contributed by atoms with E-state index in [1.165, 1.54) is 58.3 Å². The molecule has 2 aromatic heterocycles. The highest BCUT2D eigenvalue weighted by Gasteiger charge is 2.35. The normalized spacial score (nSPS) is 24.7. The van der Waals surface area contributed by atoms with Gasteiger partial charge in [-0.15, -0.1) is 15.3 Å². The van der Waals surface area contributed by atoms with Gasteiger partial charge in [0.25, 0.3) is 0 Å². The lowest BCUT2D eigenvalue weighted by Crippen LogP contribution is -2.64. The Labute approximate surface area is 148 Å². The van der Waals surface area contributed by atoms with E-state index in [4.69, 9.17) is 0 Å². The first-order valence-electron chi connectivity index (χ1n) is 9.77. The average Bonchev–Trinajstić information content (AvgIpc) is 3.10. The van der Waals surface area contributed by atoms with Crippen molar-refractivity contribution < 1.29 is 0 Å². The Bertz CT molecular complexity index is 709. The van der Waals surface area contributed by atoms with Crippen LogP contribution >= 0.6 is 0 Å². The molecule has 1 aliphatic carbocycles. The molecule has 0 aromatic carbocycles. The van der Waals surface area contributed by atoms with Crippen LogP contribution in [0.15, 0.2) is 18.5 Å². The Morgan fingerprint density at radius 3 is 2.32 bits per heavy atom. The summed E-state index contributed by atoms with van der Waals surface area (Å²) in [5.74, 6) is 1.03. The van der Waals surface area contributed by atoms with E-state index < -0.39 is 0 Å². The van der Waals surface area contributed by atoms with Crippen molar-refractivity contribution in [3.63, 3.8) is 0 Å². The first-order chi connectivity index (χ1) is 12.4. The topological polar surface area (TPSA) is 52.8 Å². The van der Waals surface area contributed by atoms with E-state index in [0.717, 1.165) is 30.6 Å². The van der Waals surface area contributed by atoms with E-state index in [0.29, 0.717) is 6.04 Å². The van der Waals surface area contributed by atoms with Crippen LogP contribution in [0, 0.1) is 0 Å². The SMILES string of the molecule is c1cc2nncn2nc1N1CC(N2CCN(C3CCCCC3)CC2)C1. The zero-order valence-electron chi connectivity index (χ0n) is 14.8. The average molecular weight is 341 g/mol. The fourth-order valence-corrected chi connectivity index (χ4v) is 4.67. The first kappa shape index (κ1) is 15.5. The molecule has 2 aliphatic heterocycles. The second-order valence-electron chi connectivity index (χ2n) is 7.75. The number of fused-ring (bicyclic) bond motifs is 1. The predicted molar refractivity (Wildman–Crippen MR) is 96.8 cm³/mol. The molecule has 3 aliphatic rings. The fourth-order valence-electron chi connectivity index (χ4n) is 4.67. The minimum Gasteiger partial charge on any atom is -0.352 e. The number of hydrogen-bond acceptors (Lipinski definition) is 6. The summed E-state index contributed by atoms with van der Waals surface area (Å²) >= 11 is 0.